The molecule has 1 aromatic carbocycles. The maximum atomic E-state index is 6.51. The Balaban J connectivity index is 1.50. The van der Waals surface area contributed by atoms with E-state index in [2.05, 4.69) is 17.4 Å². The summed E-state index contributed by atoms with van der Waals surface area (Å²) in [7, 11) is 0. The second-order valence-electron chi connectivity index (χ2n) is 8.45. The maximum absolute atomic E-state index is 6.51. The third-order valence-electron chi connectivity index (χ3n) is 6.76. The standard InChI is InChI=1S/C21H30N2O3/c22-14-20(12-15-6-10-23-13-15)17-4-5-18-19(16(17)7-11-24-20)26-21(25-18)8-2-1-3-9-21/h4-5,15,23H,1-3,6-14,22H2. The SMILES string of the molecule is NCC1(CC2CCNC2)OCCc2c1ccc1c2OC2(CCCCC2)O1. The minimum atomic E-state index is -0.422. The zero-order valence-corrected chi connectivity index (χ0v) is 15.5. The smallest absolute Gasteiger partial charge is 0.251 e. The molecule has 5 heteroatoms. The van der Waals surface area contributed by atoms with Crippen LogP contribution in [-0.4, -0.2) is 32.0 Å². The quantitative estimate of drug-likeness (QED) is 0.870. The van der Waals surface area contributed by atoms with Gasteiger partial charge in [-0.2, -0.15) is 0 Å². The fraction of sp³-hybridized carbons (Fsp3) is 0.714. The molecular weight excluding hydrogens is 328 g/mol. The molecule has 3 heterocycles. The zero-order valence-electron chi connectivity index (χ0n) is 15.5. The molecule has 0 radical (unpaired) electrons. The van der Waals surface area contributed by atoms with E-state index in [1.54, 1.807) is 0 Å². The summed E-state index contributed by atoms with van der Waals surface area (Å²) < 4.78 is 19.2. The minimum Gasteiger partial charge on any atom is -0.448 e. The van der Waals surface area contributed by atoms with Gasteiger partial charge in [-0.25, -0.2) is 0 Å². The third-order valence-corrected chi connectivity index (χ3v) is 6.76. The summed E-state index contributed by atoms with van der Waals surface area (Å²) in [5.41, 5.74) is 8.41. The molecule has 4 aliphatic rings. The summed E-state index contributed by atoms with van der Waals surface area (Å²) >= 11 is 0. The van der Waals surface area contributed by atoms with E-state index in [4.69, 9.17) is 19.9 Å². The number of nitrogens with two attached hydrogens (primary N) is 1. The fourth-order valence-corrected chi connectivity index (χ4v) is 5.38. The predicted octanol–water partition coefficient (Wildman–Crippen LogP) is 2.84. The molecule has 5 rings (SSSR count). The van der Waals surface area contributed by atoms with Gasteiger partial charge in [0.15, 0.2) is 11.5 Å². The highest BCUT2D eigenvalue weighted by Gasteiger charge is 2.47. The van der Waals surface area contributed by atoms with Crippen molar-refractivity contribution in [2.24, 2.45) is 11.7 Å². The van der Waals surface area contributed by atoms with Gasteiger partial charge in [-0.15, -0.1) is 0 Å². The fourth-order valence-electron chi connectivity index (χ4n) is 5.38. The van der Waals surface area contributed by atoms with E-state index in [1.165, 1.54) is 36.8 Å². The Morgan fingerprint density at radius 3 is 2.81 bits per heavy atom. The molecule has 26 heavy (non-hydrogen) atoms. The van der Waals surface area contributed by atoms with Crippen LogP contribution < -0.4 is 20.5 Å². The molecule has 2 unspecified atom stereocenters. The van der Waals surface area contributed by atoms with Gasteiger partial charge >= 0.3 is 0 Å². The van der Waals surface area contributed by atoms with Crippen LogP contribution in [0.3, 0.4) is 0 Å². The summed E-state index contributed by atoms with van der Waals surface area (Å²) in [6.07, 6.45) is 8.68. The van der Waals surface area contributed by atoms with E-state index in [9.17, 15) is 0 Å². The van der Waals surface area contributed by atoms with Crippen LogP contribution in [0, 0.1) is 5.92 Å². The Hall–Kier alpha value is -1.30. The van der Waals surface area contributed by atoms with Crippen LogP contribution in [0.1, 0.15) is 56.1 Å². The lowest BCUT2D eigenvalue weighted by Gasteiger charge is -2.40. The summed E-state index contributed by atoms with van der Waals surface area (Å²) in [6, 6.07) is 4.28. The summed E-state index contributed by atoms with van der Waals surface area (Å²) in [4.78, 5) is 0. The van der Waals surface area contributed by atoms with Crippen molar-refractivity contribution in [1.29, 1.82) is 0 Å². The van der Waals surface area contributed by atoms with Crippen LogP contribution in [0.4, 0.5) is 0 Å². The highest BCUT2D eigenvalue weighted by Crippen LogP contribution is 2.51. The molecule has 1 saturated carbocycles. The normalized spacial score (nSPS) is 32.0. The highest BCUT2D eigenvalue weighted by molar-refractivity contribution is 5.55. The monoisotopic (exact) mass is 358 g/mol. The molecule has 0 bridgehead atoms. The average molecular weight is 358 g/mol. The second-order valence-corrected chi connectivity index (χ2v) is 8.45. The number of fused-ring (bicyclic) bond motifs is 3. The number of nitrogens with one attached hydrogen (secondary N) is 1. The van der Waals surface area contributed by atoms with Gasteiger partial charge in [-0.3, -0.25) is 0 Å². The average Bonchev–Trinajstić information content (AvgIpc) is 3.30. The van der Waals surface area contributed by atoms with Crippen molar-refractivity contribution in [1.82, 2.24) is 5.32 Å². The highest BCUT2D eigenvalue weighted by atomic mass is 16.7. The van der Waals surface area contributed by atoms with Crippen molar-refractivity contribution in [3.05, 3.63) is 23.3 Å². The van der Waals surface area contributed by atoms with Gasteiger partial charge in [-0.1, -0.05) is 12.5 Å². The molecule has 1 aliphatic carbocycles. The van der Waals surface area contributed by atoms with Gasteiger partial charge in [0.25, 0.3) is 5.79 Å². The maximum Gasteiger partial charge on any atom is 0.251 e. The van der Waals surface area contributed by atoms with Crippen LogP contribution in [0.2, 0.25) is 0 Å². The number of benzene rings is 1. The van der Waals surface area contributed by atoms with Crippen molar-refractivity contribution in [3.8, 4) is 11.5 Å². The Morgan fingerprint density at radius 1 is 1.15 bits per heavy atom. The largest absolute Gasteiger partial charge is 0.448 e. The predicted molar refractivity (Wildman–Crippen MR) is 99.5 cm³/mol. The Kier molecular flexibility index (Phi) is 4.14. The molecule has 1 saturated heterocycles. The van der Waals surface area contributed by atoms with Crippen molar-refractivity contribution in [2.45, 2.75) is 62.8 Å². The first-order valence-electron chi connectivity index (χ1n) is 10.3. The number of hydrogen-bond acceptors (Lipinski definition) is 5. The van der Waals surface area contributed by atoms with Crippen LogP contribution in [0.25, 0.3) is 0 Å². The van der Waals surface area contributed by atoms with Crippen LogP contribution in [0.15, 0.2) is 12.1 Å². The van der Waals surface area contributed by atoms with E-state index in [1.807, 2.05) is 0 Å². The lowest BCUT2D eigenvalue weighted by atomic mass is 9.79. The Morgan fingerprint density at radius 2 is 2.04 bits per heavy atom. The summed E-state index contributed by atoms with van der Waals surface area (Å²) in [6.45, 7) is 3.38. The minimum absolute atomic E-state index is 0.384. The molecule has 0 aromatic heterocycles. The lowest BCUT2D eigenvalue weighted by molar-refractivity contribution is -0.106. The Labute approximate surface area is 155 Å². The molecular formula is C21H30N2O3. The Bertz CT molecular complexity index is 680. The molecule has 1 aromatic rings. The molecule has 1 spiro atoms. The van der Waals surface area contributed by atoms with E-state index in [0.29, 0.717) is 19.1 Å². The van der Waals surface area contributed by atoms with Gasteiger partial charge in [0.05, 0.1) is 6.61 Å². The second kappa shape index (κ2) is 6.39. The van der Waals surface area contributed by atoms with Gasteiger partial charge in [-0.05, 0) is 62.7 Å². The molecule has 2 atom stereocenters. The van der Waals surface area contributed by atoms with Gasteiger partial charge < -0.3 is 25.3 Å². The van der Waals surface area contributed by atoms with E-state index >= 15 is 0 Å². The van der Waals surface area contributed by atoms with Crippen molar-refractivity contribution < 1.29 is 14.2 Å². The molecule has 2 fully saturated rings. The summed E-state index contributed by atoms with van der Waals surface area (Å²) in [5.74, 6) is 2.09. The van der Waals surface area contributed by atoms with E-state index in [-0.39, 0.29) is 5.60 Å². The first kappa shape index (κ1) is 16.8. The molecule has 3 aliphatic heterocycles. The topological polar surface area (TPSA) is 65.7 Å². The van der Waals surface area contributed by atoms with Crippen molar-refractivity contribution in [3.63, 3.8) is 0 Å². The van der Waals surface area contributed by atoms with Crippen LogP contribution in [-0.2, 0) is 16.8 Å². The first-order valence-corrected chi connectivity index (χ1v) is 10.3. The number of ether oxygens (including phenoxy) is 3. The molecule has 3 N–H and O–H groups in total. The van der Waals surface area contributed by atoms with Gasteiger partial charge in [0.2, 0.25) is 0 Å². The summed E-state index contributed by atoms with van der Waals surface area (Å²) in [5, 5.41) is 3.47. The van der Waals surface area contributed by atoms with Crippen molar-refractivity contribution in [2.75, 3.05) is 26.2 Å². The number of rotatable bonds is 3. The number of hydrogen-bond donors (Lipinski definition) is 2. The molecule has 142 valence electrons. The van der Waals surface area contributed by atoms with E-state index in [0.717, 1.165) is 50.3 Å². The van der Waals surface area contributed by atoms with Crippen LogP contribution in [0.5, 0.6) is 11.5 Å². The lowest BCUT2D eigenvalue weighted by Crippen LogP contribution is -2.44. The van der Waals surface area contributed by atoms with Gasteiger partial charge in [0, 0.05) is 24.9 Å². The van der Waals surface area contributed by atoms with Crippen molar-refractivity contribution >= 4 is 0 Å². The molecule has 0 amide bonds. The third kappa shape index (κ3) is 2.63. The first-order chi connectivity index (χ1) is 12.7. The van der Waals surface area contributed by atoms with Gasteiger partial charge in [0.1, 0.15) is 5.60 Å². The van der Waals surface area contributed by atoms with Crippen LogP contribution >= 0.6 is 0 Å². The van der Waals surface area contributed by atoms with E-state index < -0.39 is 5.79 Å². The molecule has 5 nitrogen and oxygen atoms in total. The zero-order chi connectivity index (χ0) is 17.6.